The molecule has 1 amide bonds. The number of anilines is 1. The number of aromatic amines is 1. The monoisotopic (exact) mass is 432 g/mol. The van der Waals surface area contributed by atoms with Crippen LogP contribution in [0, 0.1) is 12.8 Å². The van der Waals surface area contributed by atoms with Crippen LogP contribution in [-0.4, -0.2) is 33.4 Å². The van der Waals surface area contributed by atoms with Crippen LogP contribution in [0.1, 0.15) is 25.1 Å². The third kappa shape index (κ3) is 3.99. The average molecular weight is 432 g/mol. The molecule has 0 saturated carbocycles. The molecule has 2 heterocycles. The molecule has 4 aromatic rings. The molecule has 0 saturated heterocycles. The molecular weight excluding hydrogens is 408 g/mol. The van der Waals surface area contributed by atoms with Crippen LogP contribution in [0.15, 0.2) is 51.8 Å². The van der Waals surface area contributed by atoms with Crippen LogP contribution in [0.4, 0.5) is 10.5 Å². The predicted octanol–water partition coefficient (Wildman–Crippen LogP) is 4.87. The fraction of sp³-hybridized carbons (Fsp3) is 0.250. The molecule has 164 valence electrons. The SMILES string of the molecule is Cc1ccc(-c2c(N(C)C(=O)O)c(CC(C)C)nc3ccc(-c4noc(=O)[nH]4)cc23)cc1. The van der Waals surface area contributed by atoms with Gasteiger partial charge < -0.3 is 5.11 Å². The number of carboxylic acid groups (broad SMARTS) is 1. The highest BCUT2D eigenvalue weighted by molar-refractivity contribution is 6.06. The first kappa shape index (κ1) is 21.3. The van der Waals surface area contributed by atoms with Gasteiger partial charge >= 0.3 is 11.8 Å². The van der Waals surface area contributed by atoms with Gasteiger partial charge in [-0.2, -0.15) is 0 Å². The van der Waals surface area contributed by atoms with Crippen molar-refractivity contribution in [2.45, 2.75) is 27.2 Å². The summed E-state index contributed by atoms with van der Waals surface area (Å²) in [7, 11) is 1.53. The zero-order valence-electron chi connectivity index (χ0n) is 18.3. The molecular formula is C24H24N4O4. The fourth-order valence-electron chi connectivity index (χ4n) is 3.80. The number of rotatable bonds is 5. The summed E-state index contributed by atoms with van der Waals surface area (Å²) in [6, 6.07) is 13.5. The summed E-state index contributed by atoms with van der Waals surface area (Å²) in [5.74, 6) is -0.0621. The number of hydrogen-bond donors (Lipinski definition) is 2. The number of nitrogens with zero attached hydrogens (tertiary/aromatic N) is 3. The molecule has 0 aliphatic heterocycles. The van der Waals surface area contributed by atoms with Gasteiger partial charge in [0.2, 0.25) is 0 Å². The molecule has 2 aromatic carbocycles. The molecule has 8 heteroatoms. The van der Waals surface area contributed by atoms with Gasteiger partial charge in [-0.1, -0.05) is 48.8 Å². The second-order valence-electron chi connectivity index (χ2n) is 8.26. The lowest BCUT2D eigenvalue weighted by Crippen LogP contribution is -2.26. The van der Waals surface area contributed by atoms with Gasteiger partial charge in [-0.25, -0.2) is 9.59 Å². The number of amides is 1. The normalized spacial score (nSPS) is 11.3. The van der Waals surface area contributed by atoms with Crippen molar-refractivity contribution in [3.05, 3.63) is 64.3 Å². The lowest BCUT2D eigenvalue weighted by molar-refractivity contribution is 0.203. The first-order valence-electron chi connectivity index (χ1n) is 10.3. The number of carbonyl (C=O) groups is 1. The maximum absolute atomic E-state index is 12.0. The van der Waals surface area contributed by atoms with E-state index in [1.54, 1.807) is 0 Å². The van der Waals surface area contributed by atoms with Crippen molar-refractivity contribution in [2.75, 3.05) is 11.9 Å². The first-order chi connectivity index (χ1) is 15.2. The molecule has 32 heavy (non-hydrogen) atoms. The minimum Gasteiger partial charge on any atom is -0.465 e. The van der Waals surface area contributed by atoms with E-state index in [0.717, 1.165) is 33.3 Å². The van der Waals surface area contributed by atoms with Crippen LogP contribution in [0.5, 0.6) is 0 Å². The average Bonchev–Trinajstić information content (AvgIpc) is 3.18. The predicted molar refractivity (Wildman–Crippen MR) is 123 cm³/mol. The smallest absolute Gasteiger partial charge is 0.439 e. The van der Waals surface area contributed by atoms with E-state index in [2.05, 4.69) is 28.5 Å². The van der Waals surface area contributed by atoms with Crippen molar-refractivity contribution in [1.82, 2.24) is 15.1 Å². The molecule has 0 spiro atoms. The fourth-order valence-corrected chi connectivity index (χ4v) is 3.80. The third-order valence-electron chi connectivity index (χ3n) is 5.31. The Morgan fingerprint density at radius 2 is 1.84 bits per heavy atom. The van der Waals surface area contributed by atoms with Gasteiger partial charge in [-0.05, 0) is 43.0 Å². The highest BCUT2D eigenvalue weighted by Gasteiger charge is 2.24. The Kier molecular flexibility index (Phi) is 5.52. The van der Waals surface area contributed by atoms with Crippen molar-refractivity contribution in [1.29, 1.82) is 0 Å². The highest BCUT2D eigenvalue weighted by Crippen LogP contribution is 2.40. The Bertz CT molecular complexity index is 1350. The number of hydrogen-bond acceptors (Lipinski definition) is 5. The zero-order chi connectivity index (χ0) is 23.0. The van der Waals surface area contributed by atoms with E-state index in [-0.39, 0.29) is 5.92 Å². The van der Waals surface area contributed by atoms with Crippen LogP contribution in [-0.2, 0) is 6.42 Å². The molecule has 0 bridgehead atoms. The number of aromatic nitrogens is 3. The molecule has 4 rings (SSSR count). The van der Waals surface area contributed by atoms with Crippen molar-refractivity contribution < 1.29 is 14.4 Å². The summed E-state index contributed by atoms with van der Waals surface area (Å²) in [5.41, 5.74) is 5.38. The summed E-state index contributed by atoms with van der Waals surface area (Å²) in [4.78, 5) is 32.1. The molecule has 0 unspecified atom stereocenters. The second-order valence-corrected chi connectivity index (χ2v) is 8.26. The highest BCUT2D eigenvalue weighted by atomic mass is 16.5. The summed E-state index contributed by atoms with van der Waals surface area (Å²) in [5, 5.41) is 14.4. The van der Waals surface area contributed by atoms with E-state index >= 15 is 0 Å². The Balaban J connectivity index is 2.10. The van der Waals surface area contributed by atoms with Gasteiger partial charge in [0.25, 0.3) is 0 Å². The number of fused-ring (bicyclic) bond motifs is 1. The van der Waals surface area contributed by atoms with Gasteiger partial charge in [-0.3, -0.25) is 19.4 Å². The van der Waals surface area contributed by atoms with Gasteiger partial charge in [-0.15, -0.1) is 0 Å². The summed E-state index contributed by atoms with van der Waals surface area (Å²) < 4.78 is 4.65. The molecule has 0 aliphatic rings. The van der Waals surface area contributed by atoms with E-state index in [4.69, 9.17) is 4.98 Å². The number of H-pyrrole nitrogens is 1. The van der Waals surface area contributed by atoms with Crippen LogP contribution in [0.3, 0.4) is 0 Å². The Morgan fingerprint density at radius 1 is 1.16 bits per heavy atom. The summed E-state index contributed by atoms with van der Waals surface area (Å²) >= 11 is 0. The molecule has 8 nitrogen and oxygen atoms in total. The van der Waals surface area contributed by atoms with Crippen LogP contribution in [0.25, 0.3) is 33.4 Å². The van der Waals surface area contributed by atoms with E-state index in [1.807, 2.05) is 49.4 Å². The van der Waals surface area contributed by atoms with Gasteiger partial charge in [0, 0.05) is 23.6 Å². The number of pyridine rings is 1. The Labute approximate surface area is 184 Å². The number of aryl methyl sites for hydroxylation is 1. The topological polar surface area (TPSA) is 112 Å². The molecule has 0 fully saturated rings. The van der Waals surface area contributed by atoms with E-state index in [9.17, 15) is 14.7 Å². The molecule has 2 N–H and O–H groups in total. The van der Waals surface area contributed by atoms with Crippen molar-refractivity contribution >= 4 is 22.7 Å². The van der Waals surface area contributed by atoms with Crippen molar-refractivity contribution in [3.63, 3.8) is 0 Å². The standard InChI is InChI=1S/C24H24N4O4/c1-13(2)11-19-21(28(4)24(30)31)20(15-7-5-14(3)6-8-15)17-12-16(9-10-18(17)25-19)22-26-23(29)32-27-22/h5-10,12-13H,11H2,1-4H3,(H,30,31)(H,26,27,29). The van der Waals surface area contributed by atoms with Gasteiger partial charge in [0.15, 0.2) is 5.82 Å². The van der Waals surface area contributed by atoms with E-state index < -0.39 is 11.8 Å². The molecule has 0 radical (unpaired) electrons. The van der Waals surface area contributed by atoms with Crippen LogP contribution < -0.4 is 10.7 Å². The largest absolute Gasteiger partial charge is 0.465 e. The minimum atomic E-state index is -1.07. The number of benzene rings is 2. The lowest BCUT2D eigenvalue weighted by Gasteiger charge is -2.24. The second kappa shape index (κ2) is 8.30. The van der Waals surface area contributed by atoms with Gasteiger partial charge in [0.05, 0.1) is 16.9 Å². The first-order valence-corrected chi connectivity index (χ1v) is 10.3. The Hall–Kier alpha value is -3.94. The van der Waals surface area contributed by atoms with Crippen molar-refractivity contribution in [3.8, 4) is 22.5 Å². The Morgan fingerprint density at radius 3 is 2.44 bits per heavy atom. The van der Waals surface area contributed by atoms with E-state index in [1.165, 1.54) is 11.9 Å². The molecule has 2 aromatic heterocycles. The van der Waals surface area contributed by atoms with Gasteiger partial charge in [0.1, 0.15) is 0 Å². The maximum Gasteiger partial charge on any atom is 0.439 e. The van der Waals surface area contributed by atoms with Crippen molar-refractivity contribution in [2.24, 2.45) is 5.92 Å². The quantitative estimate of drug-likeness (QED) is 0.465. The third-order valence-corrected chi connectivity index (χ3v) is 5.31. The summed E-state index contributed by atoms with van der Waals surface area (Å²) in [6.45, 7) is 6.15. The lowest BCUT2D eigenvalue weighted by atomic mass is 9.93. The number of nitrogens with one attached hydrogen (secondary N) is 1. The maximum atomic E-state index is 12.0. The molecule has 0 aliphatic carbocycles. The van der Waals surface area contributed by atoms with E-state index in [0.29, 0.717) is 23.5 Å². The summed E-state index contributed by atoms with van der Waals surface area (Å²) in [6.07, 6.45) is -0.443. The molecule has 0 atom stereocenters. The minimum absolute atomic E-state index is 0.284. The van der Waals surface area contributed by atoms with Crippen LogP contribution >= 0.6 is 0 Å². The van der Waals surface area contributed by atoms with Crippen LogP contribution in [0.2, 0.25) is 0 Å². The zero-order valence-corrected chi connectivity index (χ0v) is 18.3.